The monoisotopic (exact) mass is 351 g/mol. The Morgan fingerprint density at radius 2 is 2.26 bits per heavy atom. The topological polar surface area (TPSA) is 99.8 Å². The summed E-state index contributed by atoms with van der Waals surface area (Å²) in [4.78, 5) is 28.4. The van der Waals surface area contributed by atoms with Crippen molar-refractivity contribution in [2.45, 2.75) is 25.0 Å². The third kappa shape index (κ3) is 6.25. The molecule has 2 aromatic rings. The van der Waals surface area contributed by atoms with Gasteiger partial charge in [-0.25, -0.2) is 9.78 Å². The lowest BCUT2D eigenvalue weighted by Crippen LogP contribution is -2.43. The van der Waals surface area contributed by atoms with E-state index < -0.39 is 11.9 Å². The van der Waals surface area contributed by atoms with Crippen LogP contribution in [0, 0.1) is 0 Å². The van der Waals surface area contributed by atoms with Gasteiger partial charge < -0.3 is 5.32 Å². The largest absolute Gasteiger partial charge is 0.336 e. The van der Waals surface area contributed by atoms with Gasteiger partial charge in [-0.15, -0.1) is 16.4 Å². The Morgan fingerprint density at radius 1 is 1.43 bits per heavy atom. The highest BCUT2D eigenvalue weighted by atomic mass is 32.2. The van der Waals surface area contributed by atoms with Crippen LogP contribution in [-0.4, -0.2) is 38.9 Å². The van der Waals surface area contributed by atoms with Crippen molar-refractivity contribution >= 4 is 47.2 Å². The SMILES string of the molecule is CC(C)NC(=O)NC(=O)CSc1n[nH]c(/C=C/c2cccs2)n1. The first-order chi connectivity index (χ1) is 11.0. The van der Waals surface area contributed by atoms with Gasteiger partial charge >= 0.3 is 6.03 Å². The summed E-state index contributed by atoms with van der Waals surface area (Å²) in [5, 5.41) is 14.1. The van der Waals surface area contributed by atoms with Gasteiger partial charge in [-0.05, 0) is 37.4 Å². The number of amides is 3. The van der Waals surface area contributed by atoms with E-state index in [1.807, 2.05) is 43.5 Å². The van der Waals surface area contributed by atoms with Crippen molar-refractivity contribution in [3.05, 3.63) is 28.2 Å². The highest BCUT2D eigenvalue weighted by Crippen LogP contribution is 2.14. The first-order valence-electron chi connectivity index (χ1n) is 6.90. The van der Waals surface area contributed by atoms with E-state index in [0.717, 1.165) is 16.6 Å². The summed E-state index contributed by atoms with van der Waals surface area (Å²) in [6.07, 6.45) is 3.75. The van der Waals surface area contributed by atoms with Gasteiger partial charge in [0, 0.05) is 10.9 Å². The van der Waals surface area contributed by atoms with Gasteiger partial charge in [0.1, 0.15) is 5.82 Å². The fraction of sp³-hybridized carbons (Fsp3) is 0.286. The van der Waals surface area contributed by atoms with Gasteiger partial charge in [-0.2, -0.15) is 0 Å². The minimum absolute atomic E-state index is 0.0267. The Morgan fingerprint density at radius 3 is 2.96 bits per heavy atom. The standard InChI is InChI=1S/C14H17N5O2S2/c1-9(2)15-13(21)17-12(20)8-23-14-16-11(18-19-14)6-5-10-4-3-7-22-10/h3-7,9H,8H2,1-2H3,(H,16,18,19)(H2,15,17,20,21)/b6-5+. The number of hydrogen-bond acceptors (Lipinski definition) is 6. The van der Waals surface area contributed by atoms with E-state index in [9.17, 15) is 9.59 Å². The van der Waals surface area contributed by atoms with E-state index in [-0.39, 0.29) is 11.8 Å². The number of hydrogen-bond donors (Lipinski definition) is 3. The van der Waals surface area contributed by atoms with Crippen LogP contribution >= 0.6 is 23.1 Å². The average molecular weight is 351 g/mol. The molecule has 0 bridgehead atoms. The molecule has 2 aromatic heterocycles. The van der Waals surface area contributed by atoms with Crippen molar-refractivity contribution in [3.63, 3.8) is 0 Å². The number of thiophene rings is 1. The fourth-order valence-corrected chi connectivity index (χ4v) is 2.76. The normalized spacial score (nSPS) is 11.1. The first-order valence-corrected chi connectivity index (χ1v) is 8.76. The number of rotatable bonds is 6. The Bertz CT molecular complexity index is 679. The molecule has 23 heavy (non-hydrogen) atoms. The Kier molecular flexibility index (Phi) is 6.36. The molecule has 0 unspecified atom stereocenters. The number of nitrogens with one attached hydrogen (secondary N) is 3. The number of carbonyl (C=O) groups excluding carboxylic acids is 2. The molecule has 9 heteroatoms. The molecular formula is C14H17N5O2S2. The number of aromatic nitrogens is 3. The zero-order valence-corrected chi connectivity index (χ0v) is 14.3. The first kappa shape index (κ1) is 17.2. The van der Waals surface area contributed by atoms with E-state index >= 15 is 0 Å². The van der Waals surface area contributed by atoms with Crippen molar-refractivity contribution in [2.24, 2.45) is 0 Å². The molecule has 0 spiro atoms. The third-order valence-electron chi connectivity index (χ3n) is 2.44. The van der Waals surface area contributed by atoms with Crippen LogP contribution in [0.25, 0.3) is 12.2 Å². The molecule has 3 N–H and O–H groups in total. The van der Waals surface area contributed by atoms with Crippen LogP contribution in [0.15, 0.2) is 22.7 Å². The molecule has 2 rings (SSSR count). The summed E-state index contributed by atoms with van der Waals surface area (Å²) >= 11 is 2.78. The lowest BCUT2D eigenvalue weighted by atomic mass is 10.4. The van der Waals surface area contributed by atoms with Gasteiger partial charge in [0.05, 0.1) is 5.75 Å². The molecule has 0 radical (unpaired) electrons. The van der Waals surface area contributed by atoms with Crippen LogP contribution in [0.2, 0.25) is 0 Å². The minimum Gasteiger partial charge on any atom is -0.336 e. The van der Waals surface area contributed by atoms with Crippen LogP contribution in [0.5, 0.6) is 0 Å². The molecule has 122 valence electrons. The lowest BCUT2D eigenvalue weighted by molar-refractivity contribution is -0.117. The van der Waals surface area contributed by atoms with Crippen molar-refractivity contribution in [1.82, 2.24) is 25.8 Å². The summed E-state index contributed by atoms with van der Waals surface area (Å²) in [7, 11) is 0. The highest BCUT2D eigenvalue weighted by molar-refractivity contribution is 7.99. The van der Waals surface area contributed by atoms with Crippen LogP contribution in [0.1, 0.15) is 24.5 Å². The van der Waals surface area contributed by atoms with Gasteiger partial charge in [0.2, 0.25) is 11.1 Å². The predicted octanol–water partition coefficient (Wildman–Crippen LogP) is 2.36. The Labute approximate surface area is 142 Å². The second kappa shape index (κ2) is 8.49. The molecule has 0 aliphatic heterocycles. The Hall–Kier alpha value is -2.13. The van der Waals surface area contributed by atoms with E-state index in [1.165, 1.54) is 0 Å². The van der Waals surface area contributed by atoms with E-state index in [2.05, 4.69) is 25.8 Å². The molecule has 0 saturated carbocycles. The highest BCUT2D eigenvalue weighted by Gasteiger charge is 2.10. The molecule has 0 aliphatic rings. The molecule has 2 heterocycles. The summed E-state index contributed by atoms with van der Waals surface area (Å²) < 4.78 is 0. The summed E-state index contributed by atoms with van der Waals surface area (Å²) in [5.74, 6) is 0.282. The maximum absolute atomic E-state index is 11.6. The smallest absolute Gasteiger partial charge is 0.321 e. The van der Waals surface area contributed by atoms with Crippen molar-refractivity contribution in [3.8, 4) is 0 Å². The minimum atomic E-state index is -0.500. The molecule has 0 aliphatic carbocycles. The average Bonchev–Trinajstić information content (AvgIpc) is 3.13. The zero-order valence-electron chi connectivity index (χ0n) is 12.7. The molecule has 7 nitrogen and oxygen atoms in total. The number of carbonyl (C=O) groups is 2. The zero-order chi connectivity index (χ0) is 16.7. The van der Waals surface area contributed by atoms with Crippen molar-refractivity contribution < 1.29 is 9.59 Å². The second-order valence-corrected chi connectivity index (χ2v) is 6.74. The molecule has 0 atom stereocenters. The summed E-state index contributed by atoms with van der Waals surface area (Å²) in [5.41, 5.74) is 0. The summed E-state index contributed by atoms with van der Waals surface area (Å²) in [6, 6.07) is 3.45. The van der Waals surface area contributed by atoms with Crippen molar-refractivity contribution in [2.75, 3.05) is 5.75 Å². The maximum atomic E-state index is 11.6. The van der Waals surface area contributed by atoms with E-state index in [4.69, 9.17) is 0 Å². The molecule has 3 amide bonds. The summed E-state index contributed by atoms with van der Waals surface area (Å²) in [6.45, 7) is 3.63. The van der Waals surface area contributed by atoms with Crippen LogP contribution < -0.4 is 10.6 Å². The molecule has 0 saturated heterocycles. The lowest BCUT2D eigenvalue weighted by Gasteiger charge is -2.08. The second-order valence-electron chi connectivity index (χ2n) is 4.82. The van der Waals surface area contributed by atoms with Crippen molar-refractivity contribution in [1.29, 1.82) is 0 Å². The van der Waals surface area contributed by atoms with Crippen LogP contribution in [0.4, 0.5) is 4.79 Å². The van der Waals surface area contributed by atoms with E-state index in [0.29, 0.717) is 11.0 Å². The number of imide groups is 1. The molecule has 0 aromatic carbocycles. The van der Waals surface area contributed by atoms with Crippen LogP contribution in [-0.2, 0) is 4.79 Å². The molecular weight excluding hydrogens is 334 g/mol. The number of aromatic amines is 1. The number of urea groups is 1. The third-order valence-corrected chi connectivity index (χ3v) is 4.12. The maximum Gasteiger partial charge on any atom is 0.321 e. The quantitative estimate of drug-likeness (QED) is 0.694. The number of thioether (sulfide) groups is 1. The Balaban J connectivity index is 1.78. The van der Waals surface area contributed by atoms with E-state index in [1.54, 1.807) is 11.3 Å². The van der Waals surface area contributed by atoms with Gasteiger partial charge in [0.15, 0.2) is 0 Å². The van der Waals surface area contributed by atoms with Gasteiger partial charge in [-0.3, -0.25) is 15.2 Å². The van der Waals surface area contributed by atoms with Gasteiger partial charge in [-0.1, -0.05) is 17.8 Å². The number of nitrogens with zero attached hydrogens (tertiary/aromatic N) is 2. The number of H-pyrrole nitrogens is 1. The van der Waals surface area contributed by atoms with Crippen LogP contribution in [0.3, 0.4) is 0 Å². The molecule has 0 fully saturated rings. The predicted molar refractivity (Wildman–Crippen MR) is 92.2 cm³/mol. The van der Waals surface area contributed by atoms with Gasteiger partial charge in [0.25, 0.3) is 0 Å². The fourth-order valence-electron chi connectivity index (χ4n) is 1.54.